The number of benzene rings is 4. The first-order valence-electron chi connectivity index (χ1n) is 19.2. The molecule has 7 rings (SSSR count). The number of carbonyl (C=O) groups excluding carboxylic acids is 3. The Morgan fingerprint density at radius 3 is 1.66 bits per heavy atom. The Morgan fingerprint density at radius 1 is 0.759 bits per heavy atom. The van der Waals surface area contributed by atoms with Crippen LogP contribution in [0.1, 0.15) is 76.0 Å². The predicted molar refractivity (Wildman–Crippen MR) is 220 cm³/mol. The van der Waals surface area contributed by atoms with Gasteiger partial charge in [0.2, 0.25) is 0 Å². The largest absolute Gasteiger partial charge is 0.540 e. The molecule has 0 aliphatic heterocycles. The third kappa shape index (κ3) is 8.14. The Bertz CT molecular complexity index is 2200. The number of halogens is 1. The second-order valence-corrected chi connectivity index (χ2v) is 21.3. The third-order valence-electron chi connectivity index (χ3n) is 10.9. The Morgan fingerprint density at radius 2 is 1.21 bits per heavy atom. The monoisotopic (exact) mass is 952 g/mol. The van der Waals surface area contributed by atoms with Crippen molar-refractivity contribution in [1.29, 1.82) is 0 Å². The van der Waals surface area contributed by atoms with Crippen LogP contribution in [0.4, 0.5) is 19.5 Å². The molecule has 0 saturated heterocycles. The maximum atomic E-state index is 18.0. The minimum atomic E-state index is -3.95. The molecule has 0 unspecified atom stereocenters. The summed E-state index contributed by atoms with van der Waals surface area (Å²) in [7, 11) is -3.95. The number of aromatic nitrogens is 2. The topological polar surface area (TPSA) is 112 Å². The van der Waals surface area contributed by atoms with Gasteiger partial charge in [-0.05, 0) is 32.3 Å². The van der Waals surface area contributed by atoms with Crippen molar-refractivity contribution >= 4 is 38.0 Å². The summed E-state index contributed by atoms with van der Waals surface area (Å²) in [5.74, 6) is 0.0837. The van der Waals surface area contributed by atoms with Crippen molar-refractivity contribution in [3.63, 3.8) is 0 Å². The fourth-order valence-electron chi connectivity index (χ4n) is 8.44. The van der Waals surface area contributed by atoms with E-state index in [1.165, 1.54) is 0 Å². The van der Waals surface area contributed by atoms with Gasteiger partial charge in [0.1, 0.15) is 0 Å². The van der Waals surface area contributed by atoms with Crippen molar-refractivity contribution in [3.05, 3.63) is 125 Å². The van der Waals surface area contributed by atoms with E-state index in [2.05, 4.69) is 5.32 Å². The van der Waals surface area contributed by atoms with Gasteiger partial charge in [-0.25, -0.2) is 15.9 Å². The van der Waals surface area contributed by atoms with Gasteiger partial charge >= 0.3 is 20.6 Å². The van der Waals surface area contributed by atoms with Crippen molar-refractivity contribution in [2.75, 3.05) is 31.2 Å². The summed E-state index contributed by atoms with van der Waals surface area (Å²) in [4.78, 5) is 40.0. The molecular formula is C45H48FHoN4O6Si-. The fraction of sp³-hybridized carbons (Fsp3) is 0.333. The van der Waals surface area contributed by atoms with Crippen molar-refractivity contribution in [1.82, 2.24) is 15.1 Å². The molecule has 0 spiro atoms. The Kier molecular flexibility index (Phi) is 13.0. The molecule has 0 fully saturated rings. The minimum absolute atomic E-state index is 0. The van der Waals surface area contributed by atoms with Gasteiger partial charge in [-0.2, -0.15) is 5.10 Å². The normalized spacial score (nSPS) is 13.4. The first kappa shape index (κ1) is 43.3. The number of rotatable bonds is 12. The zero-order valence-electron chi connectivity index (χ0n) is 33.5. The number of ether oxygens (including phenoxy) is 3. The van der Waals surface area contributed by atoms with Crippen LogP contribution in [0, 0.1) is 37.7 Å². The second kappa shape index (κ2) is 17.5. The van der Waals surface area contributed by atoms with Crippen LogP contribution >= 0.6 is 0 Å². The van der Waals surface area contributed by atoms with Crippen molar-refractivity contribution in [2.45, 2.75) is 70.4 Å². The fourth-order valence-corrected chi connectivity index (χ4v) is 13.1. The van der Waals surface area contributed by atoms with E-state index in [4.69, 9.17) is 19.3 Å². The Labute approximate surface area is 370 Å². The number of nitrogens with zero attached hydrogens (tertiary/aromatic N) is 3. The molecule has 0 atom stereocenters. The van der Waals surface area contributed by atoms with E-state index in [-0.39, 0.29) is 69.9 Å². The number of nitrogens with one attached hydrogen (secondary N) is 1. The summed E-state index contributed by atoms with van der Waals surface area (Å²) >= 11 is 0. The van der Waals surface area contributed by atoms with Crippen LogP contribution in [0.3, 0.4) is 0 Å². The molecule has 4 aromatic carbocycles. The SMILES string of the molecule is CC(C)(C)[Si](F)(c1cc(N(C[C-]=O)C(=O)OC2c3ccccc3-c3ccccc32)nn1CCOCCNC(=O)OC1c2ccccc2-c2ccccc21)C(C)(C)C.[Ho]. The zero-order valence-corrected chi connectivity index (χ0v) is 36.4. The van der Waals surface area contributed by atoms with Gasteiger partial charge in [0.15, 0.2) is 18.0 Å². The molecule has 2 amide bonds. The molecule has 307 valence electrons. The zero-order chi connectivity index (χ0) is 40.5. The summed E-state index contributed by atoms with van der Waals surface area (Å²) in [5, 5.41) is 6.33. The third-order valence-corrected chi connectivity index (χ3v) is 16.1. The molecule has 1 aromatic heterocycles. The second-order valence-electron chi connectivity index (χ2n) is 16.4. The van der Waals surface area contributed by atoms with Gasteiger partial charge in [-0.1, -0.05) is 145 Å². The van der Waals surface area contributed by atoms with Crippen LogP contribution in [0.5, 0.6) is 0 Å². The number of anilines is 1. The maximum Gasteiger partial charge on any atom is 0.414 e. The summed E-state index contributed by atoms with van der Waals surface area (Å²) in [6, 6.07) is 32.8. The number of carbonyl (C=O) groups is 2. The molecule has 0 saturated carbocycles. The maximum absolute atomic E-state index is 18.0. The minimum Gasteiger partial charge on any atom is -0.540 e. The predicted octanol–water partition coefficient (Wildman–Crippen LogP) is 8.94. The molecule has 2 aliphatic rings. The van der Waals surface area contributed by atoms with E-state index in [0.717, 1.165) is 49.4 Å². The van der Waals surface area contributed by atoms with Crippen molar-refractivity contribution in [3.8, 4) is 22.3 Å². The average molecular weight is 953 g/mol. The number of hydrogen-bond donors (Lipinski definition) is 1. The number of fused-ring (bicyclic) bond motifs is 6. The first-order valence-corrected chi connectivity index (χ1v) is 21.1. The van der Waals surface area contributed by atoms with Gasteiger partial charge < -0.3 is 28.4 Å². The van der Waals surface area contributed by atoms with Gasteiger partial charge in [0.05, 0.1) is 25.1 Å². The Hall–Kier alpha value is -4.33. The molecule has 0 bridgehead atoms. The molecule has 2 aliphatic carbocycles. The van der Waals surface area contributed by atoms with Crippen LogP contribution < -0.4 is 15.5 Å². The molecule has 13 heteroatoms. The summed E-state index contributed by atoms with van der Waals surface area (Å²) in [6.45, 7) is 11.4. The molecule has 1 radical (unpaired) electrons. The van der Waals surface area contributed by atoms with Crippen LogP contribution in [-0.2, 0) is 25.5 Å². The molecule has 5 aromatic rings. The van der Waals surface area contributed by atoms with E-state index in [1.807, 2.05) is 145 Å². The van der Waals surface area contributed by atoms with E-state index in [0.29, 0.717) is 5.32 Å². The van der Waals surface area contributed by atoms with Gasteiger partial charge in [0.25, 0.3) is 0 Å². The Balaban J connectivity index is 0.00000567. The van der Waals surface area contributed by atoms with Crippen molar-refractivity contribution < 1.29 is 70.4 Å². The smallest absolute Gasteiger partial charge is 0.414 e. The molecule has 1 heterocycles. The first-order chi connectivity index (χ1) is 27.2. The van der Waals surface area contributed by atoms with E-state index < -0.39 is 49.4 Å². The van der Waals surface area contributed by atoms with E-state index in [1.54, 1.807) is 10.7 Å². The van der Waals surface area contributed by atoms with Crippen molar-refractivity contribution in [2.24, 2.45) is 0 Å². The van der Waals surface area contributed by atoms with Gasteiger partial charge in [0, 0.05) is 72.6 Å². The average Bonchev–Trinajstić information content (AvgIpc) is 3.85. The number of amides is 2. The summed E-state index contributed by atoms with van der Waals surface area (Å²) in [6.07, 6.45) is -0.770. The summed E-state index contributed by atoms with van der Waals surface area (Å²) < 4.78 is 37.4. The quantitative estimate of drug-likeness (QED) is 0.0576. The van der Waals surface area contributed by atoms with E-state index >= 15 is 4.11 Å². The van der Waals surface area contributed by atoms with Gasteiger partial charge in [-0.15, -0.1) is 0 Å². The van der Waals surface area contributed by atoms with Crippen LogP contribution in [0.25, 0.3) is 22.3 Å². The van der Waals surface area contributed by atoms with Crippen LogP contribution in [0.2, 0.25) is 10.1 Å². The number of alkyl carbamates (subject to hydrolysis) is 1. The van der Waals surface area contributed by atoms with Crippen LogP contribution in [0.15, 0.2) is 103 Å². The summed E-state index contributed by atoms with van der Waals surface area (Å²) in [5.41, 5.74) is 7.55. The molecule has 58 heavy (non-hydrogen) atoms. The standard InChI is InChI=1S/C45H48FN4O6Si.Ho/c1-44(2,3)57(46,45(4,5)6)39-29-38(49(24-26-51)43(53)56-41-36-21-13-9-17-32(36)33-18-10-14-22-37(33)41)48-50(39)25-28-54-27-23-47-42(52)55-40-34-19-11-7-15-30(34)31-16-8-12-20-35(31)40;/h7-22,29,40-41H,23-25,27-28H2,1-6H3,(H,47,52);/q-1;. The molecular weight excluding hydrogens is 905 g/mol. The van der Waals surface area contributed by atoms with Gasteiger partial charge in [-0.3, -0.25) is 9.58 Å². The number of hydrogen-bond acceptors (Lipinski definition) is 7. The molecule has 10 nitrogen and oxygen atoms in total. The molecule has 1 N–H and O–H groups in total. The van der Waals surface area contributed by atoms with Crippen LogP contribution in [-0.4, -0.2) is 63.0 Å². The van der Waals surface area contributed by atoms with E-state index in [9.17, 15) is 14.4 Å².